The van der Waals surface area contributed by atoms with Gasteiger partial charge in [-0.3, -0.25) is 4.79 Å². The number of hydrogen-bond acceptors (Lipinski definition) is 4. The number of halogens is 2. The number of benzene rings is 2. The standard InChI is InChI=1S/C18H17Cl2NO4/c1-24-10-3-4-11-14(9-10)21(8-7-15(11)22)18(23)16-12(19)5-6-13(20)17(16)25-2/h3-6,9,15,22H,7-8H2,1-2H3. The summed E-state index contributed by atoms with van der Waals surface area (Å²) in [5.74, 6) is 0.482. The van der Waals surface area contributed by atoms with E-state index < -0.39 is 6.10 Å². The van der Waals surface area contributed by atoms with Gasteiger partial charge >= 0.3 is 0 Å². The number of methoxy groups -OCH3 is 2. The predicted molar refractivity (Wildman–Crippen MR) is 97.3 cm³/mol. The lowest BCUT2D eigenvalue weighted by molar-refractivity contribution is 0.0968. The Morgan fingerprint density at radius 3 is 2.56 bits per heavy atom. The average Bonchev–Trinajstić information content (AvgIpc) is 2.62. The summed E-state index contributed by atoms with van der Waals surface area (Å²) in [4.78, 5) is 14.8. The molecule has 0 saturated heterocycles. The first kappa shape index (κ1) is 17.9. The number of fused-ring (bicyclic) bond motifs is 1. The molecule has 0 aliphatic carbocycles. The van der Waals surface area contributed by atoms with Crippen LogP contribution in [0.1, 0.15) is 28.4 Å². The SMILES string of the molecule is COc1ccc2c(c1)N(C(=O)c1c(Cl)ccc(Cl)c1OC)CCC2O. The molecule has 2 aromatic carbocycles. The van der Waals surface area contributed by atoms with Crippen LogP contribution in [-0.4, -0.2) is 31.8 Å². The molecule has 0 spiro atoms. The van der Waals surface area contributed by atoms with E-state index in [0.717, 1.165) is 0 Å². The normalized spacial score (nSPS) is 16.4. The van der Waals surface area contributed by atoms with Gasteiger partial charge in [0, 0.05) is 18.2 Å². The number of amides is 1. The van der Waals surface area contributed by atoms with Crippen LogP contribution in [0.5, 0.6) is 11.5 Å². The van der Waals surface area contributed by atoms with Crippen molar-refractivity contribution in [2.45, 2.75) is 12.5 Å². The van der Waals surface area contributed by atoms with E-state index in [1.54, 1.807) is 42.3 Å². The number of aliphatic hydroxyl groups excluding tert-OH is 1. The molecule has 0 radical (unpaired) electrons. The van der Waals surface area contributed by atoms with Crippen molar-refractivity contribution in [3.8, 4) is 11.5 Å². The molecule has 1 aliphatic rings. The van der Waals surface area contributed by atoms with E-state index in [1.165, 1.54) is 7.11 Å². The maximum absolute atomic E-state index is 13.2. The molecule has 0 saturated carbocycles. The molecule has 0 bridgehead atoms. The number of ether oxygens (including phenoxy) is 2. The quantitative estimate of drug-likeness (QED) is 0.869. The summed E-state index contributed by atoms with van der Waals surface area (Å²) in [7, 11) is 2.98. The fourth-order valence-corrected chi connectivity index (χ4v) is 3.44. The van der Waals surface area contributed by atoms with Crippen molar-refractivity contribution in [1.29, 1.82) is 0 Å². The van der Waals surface area contributed by atoms with E-state index in [2.05, 4.69) is 0 Å². The number of hydrogen-bond donors (Lipinski definition) is 1. The summed E-state index contributed by atoms with van der Waals surface area (Å²) >= 11 is 12.4. The van der Waals surface area contributed by atoms with Crippen LogP contribution in [0.15, 0.2) is 30.3 Å². The van der Waals surface area contributed by atoms with Gasteiger partial charge in [0.2, 0.25) is 0 Å². The highest BCUT2D eigenvalue weighted by molar-refractivity contribution is 6.38. The Labute approximate surface area is 155 Å². The minimum absolute atomic E-state index is 0.196. The first-order chi connectivity index (χ1) is 12.0. The third-order valence-corrected chi connectivity index (χ3v) is 4.85. The van der Waals surface area contributed by atoms with Gasteiger partial charge in [-0.1, -0.05) is 29.3 Å². The zero-order chi connectivity index (χ0) is 18.1. The minimum Gasteiger partial charge on any atom is -0.497 e. The summed E-state index contributed by atoms with van der Waals surface area (Å²) in [6.07, 6.45) is -0.215. The van der Waals surface area contributed by atoms with Crippen molar-refractivity contribution >= 4 is 34.8 Å². The molecule has 1 aliphatic heterocycles. The van der Waals surface area contributed by atoms with Crippen molar-refractivity contribution in [1.82, 2.24) is 0 Å². The van der Waals surface area contributed by atoms with Gasteiger partial charge in [-0.05, 0) is 24.6 Å². The Hall–Kier alpha value is -1.95. The Morgan fingerprint density at radius 1 is 1.16 bits per heavy atom. The predicted octanol–water partition coefficient (Wildman–Crippen LogP) is 4.09. The highest BCUT2D eigenvalue weighted by atomic mass is 35.5. The largest absolute Gasteiger partial charge is 0.497 e. The van der Waals surface area contributed by atoms with Crippen LogP contribution in [0.2, 0.25) is 10.0 Å². The molecule has 1 N–H and O–H groups in total. The monoisotopic (exact) mass is 381 g/mol. The van der Waals surface area contributed by atoms with Crippen LogP contribution in [0.4, 0.5) is 5.69 Å². The summed E-state index contributed by atoms with van der Waals surface area (Å²) in [5.41, 5.74) is 1.44. The Kier molecular flexibility index (Phi) is 5.08. The molecule has 132 valence electrons. The molecule has 0 fully saturated rings. The van der Waals surface area contributed by atoms with Gasteiger partial charge in [-0.25, -0.2) is 0 Å². The fourth-order valence-electron chi connectivity index (χ4n) is 2.97. The lowest BCUT2D eigenvalue weighted by Crippen LogP contribution is -2.37. The van der Waals surface area contributed by atoms with E-state index in [1.807, 2.05) is 0 Å². The third kappa shape index (κ3) is 3.15. The second kappa shape index (κ2) is 7.12. The lowest BCUT2D eigenvalue weighted by Gasteiger charge is -2.33. The molecule has 1 amide bonds. The Bertz CT molecular complexity index is 825. The van der Waals surface area contributed by atoms with E-state index in [9.17, 15) is 9.90 Å². The van der Waals surface area contributed by atoms with E-state index in [-0.39, 0.29) is 22.2 Å². The Morgan fingerprint density at radius 2 is 1.88 bits per heavy atom. The summed E-state index contributed by atoms with van der Waals surface area (Å²) < 4.78 is 10.5. The number of carbonyl (C=O) groups excluding carboxylic acids is 1. The minimum atomic E-state index is -0.637. The molecular weight excluding hydrogens is 365 g/mol. The second-order valence-electron chi connectivity index (χ2n) is 5.62. The van der Waals surface area contributed by atoms with Gasteiger partial charge in [-0.2, -0.15) is 0 Å². The van der Waals surface area contributed by atoms with E-state index >= 15 is 0 Å². The van der Waals surface area contributed by atoms with Gasteiger partial charge in [0.05, 0.1) is 36.1 Å². The van der Waals surface area contributed by atoms with Gasteiger partial charge in [0.1, 0.15) is 11.3 Å². The molecule has 0 aromatic heterocycles. The Balaban J connectivity index is 2.11. The first-order valence-electron chi connectivity index (χ1n) is 7.67. The van der Waals surface area contributed by atoms with Crippen molar-refractivity contribution in [3.63, 3.8) is 0 Å². The van der Waals surface area contributed by atoms with E-state index in [4.69, 9.17) is 32.7 Å². The number of nitrogens with zero attached hydrogens (tertiary/aromatic N) is 1. The van der Waals surface area contributed by atoms with Crippen LogP contribution >= 0.6 is 23.2 Å². The van der Waals surface area contributed by atoms with Gasteiger partial charge in [-0.15, -0.1) is 0 Å². The highest BCUT2D eigenvalue weighted by Gasteiger charge is 2.31. The van der Waals surface area contributed by atoms with Crippen molar-refractivity contribution < 1.29 is 19.4 Å². The number of carbonyl (C=O) groups is 1. The fraction of sp³-hybridized carbons (Fsp3) is 0.278. The number of anilines is 1. The van der Waals surface area contributed by atoms with Crippen LogP contribution in [0, 0.1) is 0 Å². The van der Waals surface area contributed by atoms with Gasteiger partial charge < -0.3 is 19.5 Å². The second-order valence-corrected chi connectivity index (χ2v) is 6.44. The number of aliphatic hydroxyl groups is 1. The molecule has 7 heteroatoms. The van der Waals surface area contributed by atoms with Crippen LogP contribution in [0.25, 0.3) is 0 Å². The van der Waals surface area contributed by atoms with Crippen LogP contribution < -0.4 is 14.4 Å². The van der Waals surface area contributed by atoms with Gasteiger partial charge in [0.25, 0.3) is 5.91 Å². The van der Waals surface area contributed by atoms with Crippen molar-refractivity contribution in [2.75, 3.05) is 25.7 Å². The molecular formula is C18H17Cl2NO4. The molecule has 2 aromatic rings. The van der Waals surface area contributed by atoms with Crippen molar-refractivity contribution in [2.24, 2.45) is 0 Å². The maximum Gasteiger partial charge on any atom is 0.263 e. The molecule has 25 heavy (non-hydrogen) atoms. The molecule has 1 heterocycles. The summed E-state index contributed by atoms with van der Waals surface area (Å²) in [6.45, 7) is 0.339. The highest BCUT2D eigenvalue weighted by Crippen LogP contribution is 2.40. The summed E-state index contributed by atoms with van der Waals surface area (Å²) in [5, 5.41) is 10.8. The van der Waals surface area contributed by atoms with Crippen LogP contribution in [-0.2, 0) is 0 Å². The van der Waals surface area contributed by atoms with Gasteiger partial charge in [0.15, 0.2) is 5.75 Å². The first-order valence-corrected chi connectivity index (χ1v) is 8.43. The molecule has 3 rings (SSSR count). The van der Waals surface area contributed by atoms with E-state index in [0.29, 0.717) is 35.0 Å². The topological polar surface area (TPSA) is 59.0 Å². The molecule has 5 nitrogen and oxygen atoms in total. The zero-order valence-corrected chi connectivity index (χ0v) is 15.3. The third-order valence-electron chi connectivity index (χ3n) is 4.24. The average molecular weight is 382 g/mol. The van der Waals surface area contributed by atoms with Crippen LogP contribution in [0.3, 0.4) is 0 Å². The number of rotatable bonds is 3. The zero-order valence-electron chi connectivity index (χ0n) is 13.8. The summed E-state index contributed by atoms with van der Waals surface area (Å²) in [6, 6.07) is 8.37. The molecule has 1 unspecified atom stereocenters. The molecule has 1 atom stereocenters. The lowest BCUT2D eigenvalue weighted by atomic mass is 9.97. The smallest absolute Gasteiger partial charge is 0.263 e. The maximum atomic E-state index is 13.2. The van der Waals surface area contributed by atoms with Crippen molar-refractivity contribution in [3.05, 3.63) is 51.5 Å².